The Hall–Kier alpha value is -1.78. The molecule has 96 valence electrons. The first-order valence-electron chi connectivity index (χ1n) is 6.50. The lowest BCUT2D eigenvalue weighted by atomic mass is 9.78. The molecule has 3 rings (SSSR count). The molecule has 2 N–H and O–H groups in total. The van der Waals surface area contributed by atoms with Crippen molar-refractivity contribution in [3.05, 3.63) is 59.7 Å². The highest BCUT2D eigenvalue weighted by atomic mass is 16.5. The highest BCUT2D eigenvalue weighted by molar-refractivity contribution is 6.63. The molecule has 1 unspecified atom stereocenters. The number of anilines is 1. The molecule has 1 atom stereocenters. The Labute approximate surface area is 113 Å². The molecule has 0 bridgehead atoms. The predicted octanol–water partition coefficient (Wildman–Crippen LogP) is 2.08. The topological polar surface area (TPSA) is 41.5 Å². The van der Waals surface area contributed by atoms with E-state index >= 15 is 0 Å². The summed E-state index contributed by atoms with van der Waals surface area (Å²) in [4.78, 5) is 0. The van der Waals surface area contributed by atoms with Crippen LogP contribution in [0.25, 0.3) is 0 Å². The average Bonchev–Trinajstić information content (AvgIpc) is 2.74. The van der Waals surface area contributed by atoms with Crippen LogP contribution >= 0.6 is 0 Å². The number of rotatable bonds is 3. The first kappa shape index (κ1) is 12.3. The third-order valence-corrected chi connectivity index (χ3v) is 3.48. The number of hydrogen-bond acceptors (Lipinski definition) is 3. The lowest BCUT2D eigenvalue weighted by molar-refractivity contribution is 0.209. The van der Waals surface area contributed by atoms with Crippen LogP contribution in [0.5, 0.6) is 0 Å². The van der Waals surface area contributed by atoms with Gasteiger partial charge in [0.05, 0.1) is 6.10 Å². The summed E-state index contributed by atoms with van der Waals surface area (Å²) in [5.74, 6) is 0. The number of nitrogens with one attached hydrogen (secondary N) is 1. The number of fused-ring (bicyclic) bond motifs is 1. The van der Waals surface area contributed by atoms with Crippen molar-refractivity contribution in [2.45, 2.75) is 19.6 Å². The van der Waals surface area contributed by atoms with E-state index in [1.807, 2.05) is 43.3 Å². The molecule has 0 radical (unpaired) electrons. The number of benzene rings is 2. The fraction of sp³-hybridized carbons (Fsp3) is 0.200. The van der Waals surface area contributed by atoms with Crippen molar-refractivity contribution in [1.82, 2.24) is 0 Å². The van der Waals surface area contributed by atoms with Crippen molar-refractivity contribution in [3.63, 3.8) is 0 Å². The van der Waals surface area contributed by atoms with Gasteiger partial charge in [-0.05, 0) is 24.1 Å². The second-order valence-electron chi connectivity index (χ2n) is 4.78. The largest absolute Gasteiger partial charge is 0.494 e. The minimum Gasteiger partial charge on any atom is -0.423 e. The average molecular weight is 253 g/mol. The SMILES string of the molecule is CC1OB(O)c2c(NCc3ccccc3)cccc21. The van der Waals surface area contributed by atoms with E-state index in [1.54, 1.807) is 0 Å². The molecule has 19 heavy (non-hydrogen) atoms. The minimum atomic E-state index is -0.829. The zero-order chi connectivity index (χ0) is 13.2. The molecule has 1 aliphatic rings. The molecular formula is C15H16BNO2. The molecule has 2 aromatic rings. The van der Waals surface area contributed by atoms with E-state index in [9.17, 15) is 5.02 Å². The van der Waals surface area contributed by atoms with Crippen LogP contribution in [-0.4, -0.2) is 12.1 Å². The molecule has 0 aromatic heterocycles. The lowest BCUT2D eigenvalue weighted by Crippen LogP contribution is -2.30. The second-order valence-corrected chi connectivity index (χ2v) is 4.78. The zero-order valence-corrected chi connectivity index (χ0v) is 10.8. The van der Waals surface area contributed by atoms with Gasteiger partial charge in [-0.1, -0.05) is 42.5 Å². The van der Waals surface area contributed by atoms with Crippen molar-refractivity contribution < 1.29 is 9.68 Å². The van der Waals surface area contributed by atoms with Crippen LogP contribution in [0.2, 0.25) is 0 Å². The van der Waals surface area contributed by atoms with Gasteiger partial charge >= 0.3 is 7.12 Å². The maximum absolute atomic E-state index is 9.97. The maximum atomic E-state index is 9.97. The van der Waals surface area contributed by atoms with Gasteiger partial charge in [0.2, 0.25) is 0 Å². The fourth-order valence-corrected chi connectivity index (χ4v) is 2.50. The van der Waals surface area contributed by atoms with Gasteiger partial charge in [-0.25, -0.2) is 0 Å². The van der Waals surface area contributed by atoms with Gasteiger partial charge in [-0.2, -0.15) is 0 Å². The Morgan fingerprint density at radius 3 is 2.74 bits per heavy atom. The summed E-state index contributed by atoms with van der Waals surface area (Å²) in [6.07, 6.45) is -0.0523. The first-order valence-corrected chi connectivity index (χ1v) is 6.50. The summed E-state index contributed by atoms with van der Waals surface area (Å²) in [6.45, 7) is 2.69. The highest BCUT2D eigenvalue weighted by Gasteiger charge is 2.34. The molecular weight excluding hydrogens is 237 g/mol. The van der Waals surface area contributed by atoms with Gasteiger partial charge in [0.25, 0.3) is 0 Å². The summed E-state index contributed by atoms with van der Waals surface area (Å²) in [6, 6.07) is 16.2. The van der Waals surface area contributed by atoms with E-state index in [0.29, 0.717) is 0 Å². The zero-order valence-electron chi connectivity index (χ0n) is 10.8. The van der Waals surface area contributed by atoms with Crippen LogP contribution in [-0.2, 0) is 11.2 Å². The van der Waals surface area contributed by atoms with E-state index in [-0.39, 0.29) is 6.10 Å². The smallest absolute Gasteiger partial charge is 0.423 e. The van der Waals surface area contributed by atoms with Crippen LogP contribution in [0.4, 0.5) is 5.69 Å². The number of hydrogen-bond donors (Lipinski definition) is 2. The third-order valence-electron chi connectivity index (χ3n) is 3.48. The Kier molecular flexibility index (Phi) is 3.28. The molecule has 0 saturated carbocycles. The van der Waals surface area contributed by atoms with Crippen LogP contribution in [0.1, 0.15) is 24.2 Å². The Morgan fingerprint density at radius 2 is 1.95 bits per heavy atom. The Morgan fingerprint density at radius 1 is 1.16 bits per heavy atom. The molecule has 0 aliphatic carbocycles. The second kappa shape index (κ2) is 5.07. The van der Waals surface area contributed by atoms with Gasteiger partial charge in [0.15, 0.2) is 0 Å². The van der Waals surface area contributed by atoms with Gasteiger partial charge < -0.3 is 15.0 Å². The maximum Gasteiger partial charge on any atom is 0.494 e. The van der Waals surface area contributed by atoms with Crippen LogP contribution in [0.3, 0.4) is 0 Å². The van der Waals surface area contributed by atoms with E-state index < -0.39 is 7.12 Å². The molecule has 0 fully saturated rings. The molecule has 1 aliphatic heterocycles. The molecule has 4 heteroatoms. The van der Waals surface area contributed by atoms with E-state index in [2.05, 4.69) is 17.4 Å². The molecule has 1 heterocycles. The van der Waals surface area contributed by atoms with E-state index in [0.717, 1.165) is 23.3 Å². The molecule has 3 nitrogen and oxygen atoms in total. The summed E-state index contributed by atoms with van der Waals surface area (Å²) >= 11 is 0. The normalized spacial score (nSPS) is 17.4. The summed E-state index contributed by atoms with van der Waals surface area (Å²) in [5.41, 5.74) is 4.08. The van der Waals surface area contributed by atoms with E-state index in [1.165, 1.54) is 5.56 Å². The van der Waals surface area contributed by atoms with Crippen molar-refractivity contribution in [2.75, 3.05) is 5.32 Å². The van der Waals surface area contributed by atoms with Crippen LogP contribution in [0, 0.1) is 0 Å². The van der Waals surface area contributed by atoms with Gasteiger partial charge in [-0.3, -0.25) is 0 Å². The molecule has 0 saturated heterocycles. The minimum absolute atomic E-state index is 0.0523. The monoisotopic (exact) mass is 253 g/mol. The van der Waals surface area contributed by atoms with Crippen LogP contribution in [0.15, 0.2) is 48.5 Å². The summed E-state index contributed by atoms with van der Waals surface area (Å²) < 4.78 is 5.44. The molecule has 0 spiro atoms. The third kappa shape index (κ3) is 2.37. The predicted molar refractivity (Wildman–Crippen MR) is 77.3 cm³/mol. The Balaban J connectivity index is 1.83. The Bertz CT molecular complexity index is 574. The molecule has 2 aromatic carbocycles. The van der Waals surface area contributed by atoms with Crippen molar-refractivity contribution >= 4 is 18.3 Å². The quantitative estimate of drug-likeness (QED) is 0.823. The standard InChI is InChI=1S/C15H16BNO2/c1-11-13-8-5-9-14(15(13)16(18)19-11)17-10-12-6-3-2-4-7-12/h2-9,11,17-18H,10H2,1H3. The highest BCUT2D eigenvalue weighted by Crippen LogP contribution is 2.26. The van der Waals surface area contributed by atoms with Gasteiger partial charge in [0.1, 0.15) is 0 Å². The van der Waals surface area contributed by atoms with Crippen molar-refractivity contribution in [2.24, 2.45) is 0 Å². The van der Waals surface area contributed by atoms with Gasteiger partial charge in [0, 0.05) is 17.7 Å². The summed E-state index contributed by atoms with van der Waals surface area (Å²) in [5, 5.41) is 13.3. The van der Waals surface area contributed by atoms with Crippen LogP contribution < -0.4 is 10.8 Å². The molecule has 0 amide bonds. The van der Waals surface area contributed by atoms with Crippen molar-refractivity contribution in [1.29, 1.82) is 0 Å². The lowest BCUT2D eigenvalue weighted by Gasteiger charge is -2.11. The van der Waals surface area contributed by atoms with Crippen molar-refractivity contribution in [3.8, 4) is 0 Å². The van der Waals surface area contributed by atoms with E-state index in [4.69, 9.17) is 4.65 Å². The first-order chi connectivity index (χ1) is 9.25. The fourth-order valence-electron chi connectivity index (χ4n) is 2.50. The van der Waals surface area contributed by atoms with Gasteiger partial charge in [-0.15, -0.1) is 0 Å². The summed E-state index contributed by atoms with van der Waals surface area (Å²) in [7, 11) is -0.829.